The fourth-order valence-corrected chi connectivity index (χ4v) is 4.25. The van der Waals surface area contributed by atoms with Crippen molar-refractivity contribution in [3.63, 3.8) is 0 Å². The average molecular weight is 283 g/mol. The molecule has 0 aromatic carbocycles. The molecule has 4 nitrogen and oxygen atoms in total. The molecule has 0 bridgehead atoms. The van der Waals surface area contributed by atoms with E-state index in [1.54, 1.807) is 6.92 Å². The number of rotatable bonds is 9. The summed E-state index contributed by atoms with van der Waals surface area (Å²) >= 11 is 1.03. The second kappa shape index (κ2) is 8.54. The molecule has 104 valence electrons. The van der Waals surface area contributed by atoms with Gasteiger partial charge in [0.15, 0.2) is 0 Å². The highest BCUT2D eigenvalue weighted by molar-refractivity contribution is 8.54. The van der Waals surface area contributed by atoms with Gasteiger partial charge in [-0.3, -0.25) is 4.90 Å². The van der Waals surface area contributed by atoms with Gasteiger partial charge in [0.2, 0.25) is 0 Å². The Kier molecular flexibility index (Phi) is 8.77. The maximum atomic E-state index is 11.4. The third-order valence-corrected chi connectivity index (χ3v) is 5.66. The van der Waals surface area contributed by atoms with Gasteiger partial charge in [0, 0.05) is 17.8 Å². The summed E-state index contributed by atoms with van der Waals surface area (Å²) in [6, 6.07) is 1.01. The molecule has 0 amide bonds. The first-order chi connectivity index (χ1) is 7.80. The summed E-state index contributed by atoms with van der Waals surface area (Å²) in [5, 5.41) is 0. The zero-order valence-corrected chi connectivity index (χ0v) is 13.3. The van der Waals surface area contributed by atoms with Crippen LogP contribution in [0.1, 0.15) is 41.0 Å². The molecular formula is C11H26NO3PS. The normalized spacial score (nSPS) is 15.8. The van der Waals surface area contributed by atoms with Crippen LogP contribution in [0, 0.1) is 0 Å². The molecule has 0 aliphatic heterocycles. The minimum atomic E-state index is -3.40. The van der Waals surface area contributed by atoms with Crippen molar-refractivity contribution in [1.82, 2.24) is 4.90 Å². The lowest BCUT2D eigenvalue weighted by Gasteiger charge is -2.30. The molecule has 17 heavy (non-hydrogen) atoms. The Bertz CT molecular complexity index is 241. The van der Waals surface area contributed by atoms with Crippen LogP contribution in [-0.4, -0.2) is 40.8 Å². The number of hydrogen-bond donors (Lipinski definition) is 1. The SMILES string of the molecule is CCOP(=O)(O)SCCCN(C(C)C)C(C)C. The van der Waals surface area contributed by atoms with Crippen molar-refractivity contribution >= 4 is 18.2 Å². The predicted molar refractivity (Wildman–Crippen MR) is 75.5 cm³/mol. The van der Waals surface area contributed by atoms with Crippen LogP contribution in [0.3, 0.4) is 0 Å². The van der Waals surface area contributed by atoms with Crippen molar-refractivity contribution in [2.45, 2.75) is 53.1 Å². The summed E-state index contributed by atoms with van der Waals surface area (Å²) in [5.74, 6) is 0.656. The van der Waals surface area contributed by atoms with Gasteiger partial charge in [0.05, 0.1) is 6.61 Å². The van der Waals surface area contributed by atoms with E-state index in [2.05, 4.69) is 32.6 Å². The second-order valence-electron chi connectivity index (χ2n) is 4.50. The lowest BCUT2D eigenvalue weighted by molar-refractivity contribution is 0.176. The van der Waals surface area contributed by atoms with Gasteiger partial charge in [-0.25, -0.2) is 4.57 Å². The quantitative estimate of drug-likeness (QED) is 0.519. The molecule has 0 aromatic rings. The van der Waals surface area contributed by atoms with Gasteiger partial charge in [-0.05, 0) is 59.0 Å². The number of hydrogen-bond acceptors (Lipinski definition) is 4. The highest BCUT2D eigenvalue weighted by Gasteiger charge is 2.19. The van der Waals surface area contributed by atoms with Crippen LogP contribution in [-0.2, 0) is 9.09 Å². The lowest BCUT2D eigenvalue weighted by atomic mass is 10.2. The Hall–Kier alpha value is 0.460. The van der Waals surface area contributed by atoms with E-state index in [1.807, 2.05) is 0 Å². The summed E-state index contributed by atoms with van der Waals surface area (Å²) in [6.07, 6.45) is 0.901. The lowest BCUT2D eigenvalue weighted by Crippen LogP contribution is -2.37. The maximum Gasteiger partial charge on any atom is 0.386 e. The molecule has 0 aromatic heterocycles. The monoisotopic (exact) mass is 283 g/mol. The molecule has 0 aliphatic carbocycles. The van der Waals surface area contributed by atoms with Crippen LogP contribution >= 0.6 is 18.2 Å². The summed E-state index contributed by atoms with van der Waals surface area (Å²) in [4.78, 5) is 11.8. The fraction of sp³-hybridized carbons (Fsp3) is 1.00. The fourth-order valence-electron chi connectivity index (χ4n) is 1.74. The van der Waals surface area contributed by atoms with Crippen molar-refractivity contribution in [3.8, 4) is 0 Å². The van der Waals surface area contributed by atoms with Crippen LogP contribution in [0.15, 0.2) is 0 Å². The first-order valence-electron chi connectivity index (χ1n) is 6.17. The Balaban J connectivity index is 3.87. The van der Waals surface area contributed by atoms with E-state index >= 15 is 0 Å². The second-order valence-corrected chi connectivity index (χ2v) is 8.52. The van der Waals surface area contributed by atoms with E-state index in [-0.39, 0.29) is 6.61 Å². The van der Waals surface area contributed by atoms with E-state index in [1.165, 1.54) is 0 Å². The highest BCUT2D eigenvalue weighted by atomic mass is 32.7. The molecule has 1 atom stereocenters. The minimum Gasteiger partial charge on any atom is -0.316 e. The van der Waals surface area contributed by atoms with Crippen molar-refractivity contribution in [2.75, 3.05) is 18.9 Å². The smallest absolute Gasteiger partial charge is 0.316 e. The molecule has 0 fully saturated rings. The maximum absolute atomic E-state index is 11.4. The molecule has 0 heterocycles. The molecule has 0 saturated carbocycles. The highest BCUT2D eigenvalue weighted by Crippen LogP contribution is 2.55. The van der Waals surface area contributed by atoms with Crippen LogP contribution in [0.2, 0.25) is 0 Å². The van der Waals surface area contributed by atoms with Crippen LogP contribution < -0.4 is 0 Å². The molecule has 0 aliphatic rings. The largest absolute Gasteiger partial charge is 0.386 e. The molecule has 6 heteroatoms. The van der Waals surface area contributed by atoms with E-state index < -0.39 is 6.80 Å². The van der Waals surface area contributed by atoms with Crippen molar-refractivity contribution in [3.05, 3.63) is 0 Å². The molecule has 1 N–H and O–H groups in total. The minimum absolute atomic E-state index is 0.283. The summed E-state index contributed by atoms with van der Waals surface area (Å²) < 4.78 is 16.2. The van der Waals surface area contributed by atoms with E-state index in [4.69, 9.17) is 4.52 Å². The van der Waals surface area contributed by atoms with Crippen molar-refractivity contribution < 1.29 is 14.0 Å². The van der Waals surface area contributed by atoms with Crippen molar-refractivity contribution in [1.29, 1.82) is 0 Å². The van der Waals surface area contributed by atoms with Gasteiger partial charge in [-0.15, -0.1) is 0 Å². The average Bonchev–Trinajstić information content (AvgIpc) is 2.15. The van der Waals surface area contributed by atoms with Crippen LogP contribution in [0.25, 0.3) is 0 Å². The summed E-state index contributed by atoms with van der Waals surface area (Å²) in [7, 11) is 0. The third kappa shape index (κ3) is 8.22. The third-order valence-electron chi connectivity index (χ3n) is 2.43. The Morgan fingerprint density at radius 3 is 2.24 bits per heavy atom. The van der Waals surface area contributed by atoms with E-state index in [0.29, 0.717) is 17.8 Å². The topological polar surface area (TPSA) is 49.8 Å². The first-order valence-corrected chi connectivity index (χ1v) is 9.34. The zero-order valence-electron chi connectivity index (χ0n) is 11.5. The predicted octanol–water partition coefficient (Wildman–Crippen LogP) is 3.37. The molecule has 1 unspecified atom stereocenters. The Morgan fingerprint density at radius 1 is 1.29 bits per heavy atom. The summed E-state index contributed by atoms with van der Waals surface area (Å²) in [6.45, 7) is 8.24. The van der Waals surface area contributed by atoms with Crippen LogP contribution in [0.4, 0.5) is 0 Å². The first kappa shape index (κ1) is 17.5. The molecule has 0 radical (unpaired) electrons. The molecule has 0 spiro atoms. The molecule has 0 rings (SSSR count). The van der Waals surface area contributed by atoms with Gasteiger partial charge in [-0.1, -0.05) is 0 Å². The van der Waals surface area contributed by atoms with Gasteiger partial charge in [0.1, 0.15) is 0 Å². The molecular weight excluding hydrogens is 257 g/mol. The number of nitrogens with zero attached hydrogens (tertiary/aromatic N) is 1. The van der Waals surface area contributed by atoms with Gasteiger partial charge >= 0.3 is 6.80 Å². The van der Waals surface area contributed by atoms with Gasteiger partial charge in [-0.2, -0.15) is 0 Å². The van der Waals surface area contributed by atoms with Gasteiger partial charge in [0.25, 0.3) is 0 Å². The zero-order chi connectivity index (χ0) is 13.5. The van der Waals surface area contributed by atoms with Crippen molar-refractivity contribution in [2.24, 2.45) is 0 Å². The standard InChI is InChI=1S/C11H26NO3PS/c1-6-15-16(13,14)17-9-7-8-12(10(2)3)11(4)5/h10-11H,6-9H2,1-5H3,(H,13,14). The Labute approximate surface area is 109 Å². The van der Waals surface area contributed by atoms with Crippen LogP contribution in [0.5, 0.6) is 0 Å². The summed E-state index contributed by atoms with van der Waals surface area (Å²) in [5.41, 5.74) is 0. The molecule has 0 saturated heterocycles. The van der Waals surface area contributed by atoms with E-state index in [0.717, 1.165) is 24.3 Å². The Morgan fingerprint density at radius 2 is 1.82 bits per heavy atom. The van der Waals surface area contributed by atoms with E-state index in [9.17, 15) is 9.46 Å². The van der Waals surface area contributed by atoms with Gasteiger partial charge < -0.3 is 9.42 Å².